The molecule has 0 amide bonds. The van der Waals surface area contributed by atoms with Gasteiger partial charge in [-0.05, 0) is 30.7 Å². The second kappa shape index (κ2) is 6.95. The Morgan fingerprint density at radius 1 is 1.24 bits per heavy atom. The topological polar surface area (TPSA) is 61.6 Å². The highest BCUT2D eigenvalue weighted by molar-refractivity contribution is 6.31. The summed E-state index contributed by atoms with van der Waals surface area (Å²) in [6, 6.07) is 8.28. The third-order valence-corrected chi connectivity index (χ3v) is 5.28. The maximum atomic E-state index is 13.7. The molecule has 1 saturated heterocycles. The predicted molar refractivity (Wildman–Crippen MR) is 105 cm³/mol. The summed E-state index contributed by atoms with van der Waals surface area (Å²) in [7, 11) is 0. The first-order valence-corrected chi connectivity index (χ1v) is 9.36. The molecule has 1 aromatic carbocycles. The van der Waals surface area contributed by atoms with Gasteiger partial charge < -0.3 is 14.1 Å². The van der Waals surface area contributed by atoms with Crippen molar-refractivity contribution in [2.75, 3.05) is 13.2 Å². The number of aromatic nitrogens is 5. The molecule has 144 valence electrons. The molecule has 1 aliphatic rings. The summed E-state index contributed by atoms with van der Waals surface area (Å²) in [6.07, 6.45) is 4.09. The lowest BCUT2D eigenvalue weighted by atomic mass is 10.1. The van der Waals surface area contributed by atoms with Crippen LogP contribution in [-0.4, -0.2) is 37.4 Å². The highest BCUT2D eigenvalue weighted by Gasteiger charge is 2.26. The monoisotopic (exact) mass is 408 g/mol. The first kappa shape index (κ1) is 17.8. The molecule has 1 atom stereocenters. The third-order valence-electron chi connectivity index (χ3n) is 4.99. The summed E-state index contributed by atoms with van der Waals surface area (Å²) in [4.78, 5) is 12.3. The summed E-state index contributed by atoms with van der Waals surface area (Å²) in [6.45, 7) is 8.58. The lowest BCUT2D eigenvalue weighted by Gasteiger charge is -2.14. The molecule has 7 nitrogen and oxygen atoms in total. The number of hydrogen-bond donors (Lipinski definition) is 0. The van der Waals surface area contributed by atoms with Gasteiger partial charge >= 0.3 is 0 Å². The van der Waals surface area contributed by atoms with Gasteiger partial charge in [0.2, 0.25) is 5.65 Å². The quantitative estimate of drug-likeness (QED) is 0.466. The van der Waals surface area contributed by atoms with Crippen molar-refractivity contribution >= 4 is 23.1 Å². The van der Waals surface area contributed by atoms with Crippen LogP contribution in [-0.2, 0) is 4.74 Å². The average Bonchev–Trinajstić information content (AvgIpc) is 3.48. The molecule has 4 aromatic rings. The molecule has 1 unspecified atom stereocenters. The number of fused-ring (bicyclic) bond motifs is 1. The van der Waals surface area contributed by atoms with Crippen molar-refractivity contribution in [1.82, 2.24) is 24.1 Å². The highest BCUT2D eigenvalue weighted by atomic mass is 35.5. The molecule has 1 aliphatic heterocycles. The fourth-order valence-electron chi connectivity index (χ4n) is 3.55. The number of halogens is 2. The van der Waals surface area contributed by atoms with Crippen LogP contribution in [0.1, 0.15) is 12.5 Å². The van der Waals surface area contributed by atoms with E-state index in [0.29, 0.717) is 41.6 Å². The van der Waals surface area contributed by atoms with E-state index in [1.165, 1.54) is 16.8 Å². The van der Waals surface area contributed by atoms with Crippen LogP contribution in [0.15, 0.2) is 42.9 Å². The molecule has 9 heteroatoms. The Hall–Kier alpha value is -3.28. The molecule has 29 heavy (non-hydrogen) atoms. The van der Waals surface area contributed by atoms with E-state index in [4.69, 9.17) is 22.9 Å². The largest absolute Gasteiger partial charge is 0.379 e. The summed E-state index contributed by atoms with van der Waals surface area (Å²) < 4.78 is 22.8. The van der Waals surface area contributed by atoms with Gasteiger partial charge in [0.05, 0.1) is 41.6 Å². The van der Waals surface area contributed by atoms with Gasteiger partial charge in [0.25, 0.3) is 5.82 Å². The molecule has 0 bridgehead atoms. The molecule has 0 spiro atoms. The van der Waals surface area contributed by atoms with E-state index >= 15 is 0 Å². The molecule has 4 heterocycles. The van der Waals surface area contributed by atoms with E-state index in [1.54, 1.807) is 24.5 Å². The Balaban J connectivity index is 1.74. The molecule has 0 N–H and O–H groups in total. The van der Waals surface area contributed by atoms with Crippen molar-refractivity contribution < 1.29 is 9.13 Å². The van der Waals surface area contributed by atoms with E-state index < -0.39 is 5.82 Å². The van der Waals surface area contributed by atoms with Gasteiger partial charge in [-0.15, -0.1) is 4.52 Å². The van der Waals surface area contributed by atoms with Crippen LogP contribution in [0.3, 0.4) is 0 Å². The van der Waals surface area contributed by atoms with Gasteiger partial charge in [-0.1, -0.05) is 23.3 Å². The SMILES string of the molecule is [C-]#[N+]c1cnc2ccc(-c3c(-c4ccc(F)c(Cl)c4)ncn3C3CCOC3)nn12. The Bertz CT molecular complexity index is 1270. The molecule has 3 aromatic heterocycles. The molecular formula is C20H14ClFN6O. The lowest BCUT2D eigenvalue weighted by molar-refractivity contribution is 0.187. The Labute approximate surface area is 170 Å². The summed E-state index contributed by atoms with van der Waals surface area (Å²) >= 11 is 6.01. The Kier molecular flexibility index (Phi) is 4.27. The predicted octanol–water partition coefficient (Wildman–Crippen LogP) is 4.56. The first-order chi connectivity index (χ1) is 14.2. The van der Waals surface area contributed by atoms with Crippen molar-refractivity contribution in [2.24, 2.45) is 0 Å². The lowest BCUT2D eigenvalue weighted by Crippen LogP contribution is -2.10. The van der Waals surface area contributed by atoms with E-state index in [0.717, 1.165) is 12.1 Å². The van der Waals surface area contributed by atoms with E-state index in [1.807, 2.05) is 10.6 Å². The normalized spacial score (nSPS) is 16.4. The minimum atomic E-state index is -0.486. The second-order valence-electron chi connectivity index (χ2n) is 6.71. The summed E-state index contributed by atoms with van der Waals surface area (Å²) in [5.74, 6) is -0.163. The smallest absolute Gasteiger partial charge is 0.275 e. The van der Waals surface area contributed by atoms with Crippen LogP contribution in [0.25, 0.3) is 33.1 Å². The van der Waals surface area contributed by atoms with Gasteiger partial charge in [-0.3, -0.25) is 0 Å². The van der Waals surface area contributed by atoms with Crippen molar-refractivity contribution in [1.29, 1.82) is 0 Å². The van der Waals surface area contributed by atoms with Crippen LogP contribution in [0.4, 0.5) is 10.2 Å². The fourth-order valence-corrected chi connectivity index (χ4v) is 3.73. The van der Waals surface area contributed by atoms with Gasteiger partial charge in [0.1, 0.15) is 11.5 Å². The molecule has 1 fully saturated rings. The van der Waals surface area contributed by atoms with Crippen molar-refractivity contribution in [3.8, 4) is 22.6 Å². The number of rotatable bonds is 3. The third kappa shape index (κ3) is 2.95. The standard InChI is InChI=1S/C20H14ClFN6O/c1-23-18-9-24-17-5-4-16(26-28(17)18)20-19(12-2-3-15(22)14(21)8-12)25-11-27(20)13-6-7-29-10-13/h2-5,8-9,11,13H,6-7,10H2. The van der Waals surface area contributed by atoms with Crippen LogP contribution in [0, 0.1) is 12.4 Å². The minimum Gasteiger partial charge on any atom is -0.379 e. The van der Waals surface area contributed by atoms with Crippen LogP contribution < -0.4 is 0 Å². The molecule has 0 saturated carbocycles. The minimum absolute atomic E-state index is 0.0283. The van der Waals surface area contributed by atoms with Gasteiger partial charge in [-0.25, -0.2) is 14.4 Å². The molecule has 0 aliphatic carbocycles. The zero-order valence-corrected chi connectivity index (χ0v) is 15.8. The highest BCUT2D eigenvalue weighted by Crippen LogP contribution is 2.36. The number of ether oxygens (including phenoxy) is 1. The maximum Gasteiger partial charge on any atom is 0.275 e. The van der Waals surface area contributed by atoms with Crippen LogP contribution >= 0.6 is 11.6 Å². The van der Waals surface area contributed by atoms with Crippen molar-refractivity contribution in [3.63, 3.8) is 0 Å². The molecule has 5 rings (SSSR count). The number of nitrogens with zero attached hydrogens (tertiary/aromatic N) is 6. The van der Waals surface area contributed by atoms with Gasteiger partial charge in [0, 0.05) is 18.2 Å². The average molecular weight is 409 g/mol. The number of hydrogen-bond acceptors (Lipinski definition) is 4. The zero-order chi connectivity index (χ0) is 20.0. The molecule has 0 radical (unpaired) electrons. The Morgan fingerprint density at radius 2 is 2.14 bits per heavy atom. The van der Waals surface area contributed by atoms with Gasteiger partial charge in [0.15, 0.2) is 0 Å². The van der Waals surface area contributed by atoms with Crippen molar-refractivity contribution in [3.05, 3.63) is 65.1 Å². The van der Waals surface area contributed by atoms with Crippen molar-refractivity contribution in [2.45, 2.75) is 12.5 Å². The fraction of sp³-hybridized carbons (Fsp3) is 0.200. The summed E-state index contributed by atoms with van der Waals surface area (Å²) in [5.41, 5.74) is 3.29. The zero-order valence-electron chi connectivity index (χ0n) is 15.1. The van der Waals surface area contributed by atoms with Crippen LogP contribution in [0.5, 0.6) is 0 Å². The van der Waals surface area contributed by atoms with E-state index in [2.05, 4.69) is 19.9 Å². The number of benzene rings is 1. The maximum absolute atomic E-state index is 13.7. The Morgan fingerprint density at radius 3 is 2.90 bits per heavy atom. The van der Waals surface area contributed by atoms with E-state index in [9.17, 15) is 4.39 Å². The van der Waals surface area contributed by atoms with E-state index in [-0.39, 0.29) is 11.1 Å². The molecular weight excluding hydrogens is 395 g/mol. The van der Waals surface area contributed by atoms with Gasteiger partial charge in [-0.2, -0.15) is 0 Å². The number of imidazole rings is 2. The second-order valence-corrected chi connectivity index (χ2v) is 7.12. The first-order valence-electron chi connectivity index (χ1n) is 8.98. The summed E-state index contributed by atoms with van der Waals surface area (Å²) in [5, 5.41) is 4.67. The van der Waals surface area contributed by atoms with Crippen LogP contribution in [0.2, 0.25) is 5.02 Å².